The van der Waals surface area contributed by atoms with Crippen molar-refractivity contribution in [2.45, 2.75) is 59.8 Å². The van der Waals surface area contributed by atoms with Crippen molar-refractivity contribution >= 4 is 17.7 Å². The van der Waals surface area contributed by atoms with Gasteiger partial charge in [-0.05, 0) is 25.2 Å². The maximum atomic E-state index is 11.0. The molecule has 12 heteroatoms. The third-order valence-corrected chi connectivity index (χ3v) is 4.44. The molecule has 0 aromatic carbocycles. The summed E-state index contributed by atoms with van der Waals surface area (Å²) in [6.07, 6.45) is 4.04. The highest BCUT2D eigenvalue weighted by atomic mass is 16.3. The Morgan fingerprint density at radius 1 is 0.867 bits per heavy atom. The molecule has 1 unspecified atom stereocenters. The zero-order valence-electron chi connectivity index (χ0n) is 18.9. The molecular weight excluding hydrogens is 396 g/mol. The van der Waals surface area contributed by atoms with E-state index < -0.39 is 0 Å². The van der Waals surface area contributed by atoms with Crippen molar-refractivity contribution < 1.29 is 14.4 Å². The average Bonchev–Trinajstić information content (AvgIpc) is 2.69. The maximum absolute atomic E-state index is 11.0. The first-order chi connectivity index (χ1) is 14.0. The van der Waals surface area contributed by atoms with Crippen LogP contribution in [0.25, 0.3) is 0 Å². The second-order valence-corrected chi connectivity index (χ2v) is 7.42. The van der Waals surface area contributed by atoms with Gasteiger partial charge in [-0.2, -0.15) is 15.0 Å². The predicted molar refractivity (Wildman–Crippen MR) is 112 cm³/mol. The lowest BCUT2D eigenvalue weighted by molar-refractivity contribution is -0.137. The molecule has 0 saturated heterocycles. The van der Waals surface area contributed by atoms with Gasteiger partial charge in [-0.3, -0.25) is 14.4 Å². The van der Waals surface area contributed by atoms with E-state index in [1.807, 2.05) is 20.8 Å². The lowest BCUT2D eigenvalue weighted by atomic mass is 9.85. The van der Waals surface area contributed by atoms with Crippen LogP contribution in [-0.4, -0.2) is 53.9 Å². The lowest BCUT2D eigenvalue weighted by Gasteiger charge is -2.24. The van der Waals surface area contributed by atoms with E-state index in [0.717, 1.165) is 40.7 Å². The van der Waals surface area contributed by atoms with Gasteiger partial charge >= 0.3 is 0 Å². The van der Waals surface area contributed by atoms with Crippen LogP contribution in [-0.2, 0) is 14.4 Å². The maximum Gasteiger partial charge on any atom is 0.248 e. The zero-order chi connectivity index (χ0) is 23.9. The van der Waals surface area contributed by atoms with E-state index in [0.29, 0.717) is 6.42 Å². The van der Waals surface area contributed by atoms with Crippen LogP contribution in [0.3, 0.4) is 0 Å². The van der Waals surface area contributed by atoms with E-state index in [9.17, 15) is 29.1 Å². The first-order valence-corrected chi connectivity index (χ1v) is 9.78. The SMILES string of the molecule is CC(C)CC(=O)N(C)N=O.CCC(C)C(=O)N(C)N=O.CN(N=O)C(=O)C1CCC1. The molecule has 0 radical (unpaired) electrons. The Morgan fingerprint density at radius 2 is 1.33 bits per heavy atom. The fraction of sp³-hybridized carbons (Fsp3) is 0.833. The number of hydrogen-bond acceptors (Lipinski definition) is 9. The normalized spacial score (nSPS) is 13.2. The van der Waals surface area contributed by atoms with Gasteiger partial charge in [-0.25, -0.2) is 0 Å². The van der Waals surface area contributed by atoms with Gasteiger partial charge in [0.2, 0.25) is 17.7 Å². The molecule has 1 aliphatic carbocycles. The summed E-state index contributed by atoms with van der Waals surface area (Å²) < 4.78 is 0. The molecule has 0 spiro atoms. The van der Waals surface area contributed by atoms with E-state index in [1.54, 1.807) is 6.92 Å². The summed E-state index contributed by atoms with van der Waals surface area (Å²) in [6, 6.07) is 0. The summed E-state index contributed by atoms with van der Waals surface area (Å²) in [7, 11) is 4.12. The van der Waals surface area contributed by atoms with Gasteiger partial charge in [0.1, 0.15) is 0 Å². The Balaban J connectivity index is 0. The standard InChI is InChI=1S/C6H10N2O2.2C6H12N2O2/c1-8(7-10)6(9)5-3-2-4-5;1-5(2)4-6(9)8(3)7-10;1-4-5(2)6(9)8(3)7-10/h5H,2-4H2,1H3;2*5H,4H2,1-3H3. The molecule has 172 valence electrons. The van der Waals surface area contributed by atoms with Crippen molar-refractivity contribution in [1.82, 2.24) is 15.0 Å². The van der Waals surface area contributed by atoms with Crippen molar-refractivity contribution in [3.8, 4) is 0 Å². The van der Waals surface area contributed by atoms with E-state index >= 15 is 0 Å². The van der Waals surface area contributed by atoms with Crippen molar-refractivity contribution in [2.24, 2.45) is 33.6 Å². The average molecular weight is 431 g/mol. The number of hydrogen-bond donors (Lipinski definition) is 0. The molecule has 0 heterocycles. The quantitative estimate of drug-likeness (QED) is 0.426. The molecule has 30 heavy (non-hydrogen) atoms. The topological polar surface area (TPSA) is 149 Å². The molecule has 12 nitrogen and oxygen atoms in total. The van der Waals surface area contributed by atoms with Crippen molar-refractivity contribution in [3.63, 3.8) is 0 Å². The lowest BCUT2D eigenvalue weighted by Crippen LogP contribution is -2.32. The summed E-state index contributed by atoms with van der Waals surface area (Å²) in [4.78, 5) is 62.2. The summed E-state index contributed by atoms with van der Waals surface area (Å²) in [5, 5.41) is 10.0. The minimum atomic E-state index is -0.231. The highest BCUT2D eigenvalue weighted by Crippen LogP contribution is 2.27. The van der Waals surface area contributed by atoms with E-state index in [2.05, 4.69) is 15.9 Å². The fourth-order valence-corrected chi connectivity index (χ4v) is 2.02. The molecule has 1 atom stereocenters. The molecule has 0 bridgehead atoms. The van der Waals surface area contributed by atoms with E-state index in [4.69, 9.17) is 0 Å². The Kier molecular flexibility index (Phi) is 15.7. The molecule has 3 amide bonds. The summed E-state index contributed by atoms with van der Waals surface area (Å²) >= 11 is 0. The monoisotopic (exact) mass is 430 g/mol. The van der Waals surface area contributed by atoms with Crippen LogP contribution in [0.5, 0.6) is 0 Å². The van der Waals surface area contributed by atoms with Gasteiger partial charge < -0.3 is 0 Å². The predicted octanol–water partition coefficient (Wildman–Crippen LogP) is 3.27. The van der Waals surface area contributed by atoms with E-state index in [1.165, 1.54) is 21.1 Å². The Morgan fingerprint density at radius 3 is 1.63 bits per heavy atom. The van der Waals surface area contributed by atoms with Crippen LogP contribution in [0.4, 0.5) is 0 Å². The fourth-order valence-electron chi connectivity index (χ4n) is 2.02. The second kappa shape index (κ2) is 16.1. The summed E-state index contributed by atoms with van der Waals surface area (Å²) in [5.74, 6) is -0.356. The number of rotatable bonds is 8. The van der Waals surface area contributed by atoms with Crippen LogP contribution < -0.4 is 0 Å². The van der Waals surface area contributed by atoms with Crippen LogP contribution in [0.1, 0.15) is 59.8 Å². The molecule has 0 aromatic heterocycles. The summed E-state index contributed by atoms with van der Waals surface area (Å²) in [6.45, 7) is 7.48. The molecular formula is C18H34N6O6. The van der Waals surface area contributed by atoms with Gasteiger partial charge in [0.05, 0.1) is 15.9 Å². The number of nitrogens with zero attached hydrogens (tertiary/aromatic N) is 6. The molecule has 1 fully saturated rings. The molecule has 1 aliphatic rings. The third kappa shape index (κ3) is 11.9. The number of nitroso groups, excluding NO2 is 3. The first-order valence-electron chi connectivity index (χ1n) is 9.78. The molecule has 1 rings (SSSR count). The van der Waals surface area contributed by atoms with Crippen LogP contribution in [0, 0.1) is 32.5 Å². The highest BCUT2D eigenvalue weighted by Gasteiger charge is 2.28. The smallest absolute Gasteiger partial charge is 0.248 e. The second-order valence-electron chi connectivity index (χ2n) is 7.42. The first kappa shape index (κ1) is 29.4. The van der Waals surface area contributed by atoms with E-state index in [-0.39, 0.29) is 35.5 Å². The van der Waals surface area contributed by atoms with Crippen molar-refractivity contribution in [3.05, 3.63) is 14.7 Å². The highest BCUT2D eigenvalue weighted by molar-refractivity contribution is 5.79. The Labute approximate surface area is 177 Å². The summed E-state index contributed by atoms with van der Waals surface area (Å²) in [5.41, 5.74) is 0. The van der Waals surface area contributed by atoms with Gasteiger partial charge in [0.15, 0.2) is 0 Å². The minimum Gasteiger partial charge on any atom is -0.273 e. The minimum absolute atomic E-state index is 0.0719. The van der Waals surface area contributed by atoms with Crippen LogP contribution in [0.2, 0.25) is 0 Å². The molecule has 0 N–H and O–H groups in total. The zero-order valence-corrected chi connectivity index (χ0v) is 18.9. The van der Waals surface area contributed by atoms with Crippen LogP contribution >= 0.6 is 0 Å². The van der Waals surface area contributed by atoms with Gasteiger partial charge in [-0.1, -0.05) is 34.1 Å². The van der Waals surface area contributed by atoms with Gasteiger partial charge in [0, 0.05) is 39.4 Å². The number of amides is 3. The van der Waals surface area contributed by atoms with Gasteiger partial charge in [-0.15, -0.1) is 14.7 Å². The molecule has 1 saturated carbocycles. The Hall–Kier alpha value is -2.79. The third-order valence-electron chi connectivity index (χ3n) is 4.44. The van der Waals surface area contributed by atoms with Crippen molar-refractivity contribution in [1.29, 1.82) is 0 Å². The van der Waals surface area contributed by atoms with Crippen LogP contribution in [0.15, 0.2) is 15.9 Å². The molecule has 0 aliphatic heterocycles. The largest absolute Gasteiger partial charge is 0.273 e. The van der Waals surface area contributed by atoms with Gasteiger partial charge in [0.25, 0.3) is 0 Å². The molecule has 0 aromatic rings. The number of carbonyl (C=O) groups excluding carboxylic acids is 3. The Bertz CT molecular complexity index is 555. The van der Waals surface area contributed by atoms with Crippen molar-refractivity contribution in [2.75, 3.05) is 21.1 Å². The number of carbonyl (C=O) groups is 3.